The number of methoxy groups -OCH3 is 1. The molecule has 8 heteroatoms. The van der Waals surface area contributed by atoms with Crippen LogP contribution >= 0.6 is 0 Å². The third-order valence-electron chi connectivity index (χ3n) is 2.46. The molecule has 1 aromatic rings. The molecule has 0 saturated heterocycles. The first-order chi connectivity index (χ1) is 9.25. The van der Waals surface area contributed by atoms with Crippen LogP contribution in [0.4, 0.5) is 0 Å². The molecule has 7 nitrogen and oxygen atoms in total. The monoisotopic (exact) mass is 301 g/mol. The maximum atomic E-state index is 11.7. The fourth-order valence-electron chi connectivity index (χ4n) is 1.44. The van der Waals surface area contributed by atoms with E-state index >= 15 is 0 Å². The molecule has 110 valence electrons. The molecule has 0 saturated carbocycles. The molecule has 0 radical (unpaired) electrons. The summed E-state index contributed by atoms with van der Waals surface area (Å²) in [4.78, 5) is 21.8. The summed E-state index contributed by atoms with van der Waals surface area (Å²) in [5.74, 6) is -2.14. The first kappa shape index (κ1) is 16.1. The highest BCUT2D eigenvalue weighted by atomic mass is 32.2. The van der Waals surface area contributed by atoms with Crippen LogP contribution in [0.2, 0.25) is 0 Å². The Morgan fingerprint density at radius 1 is 1.30 bits per heavy atom. The first-order valence-corrected chi connectivity index (χ1v) is 7.30. The number of ether oxygens (including phenoxy) is 1. The summed E-state index contributed by atoms with van der Waals surface area (Å²) in [5.41, 5.74) is 0.739. The first-order valence-electron chi connectivity index (χ1n) is 5.65. The van der Waals surface area contributed by atoms with Gasteiger partial charge in [0.15, 0.2) is 0 Å². The number of benzene rings is 1. The van der Waals surface area contributed by atoms with Crippen LogP contribution in [0.1, 0.15) is 22.8 Å². The average molecular weight is 301 g/mol. The molecule has 1 rings (SSSR count). The smallest absolute Gasteiger partial charge is 0.337 e. The van der Waals surface area contributed by atoms with E-state index in [1.54, 1.807) is 0 Å². The van der Waals surface area contributed by atoms with Crippen LogP contribution in [0.5, 0.6) is 0 Å². The van der Waals surface area contributed by atoms with Crippen LogP contribution in [0.15, 0.2) is 24.3 Å². The van der Waals surface area contributed by atoms with Gasteiger partial charge in [-0.2, -0.15) is 0 Å². The average Bonchev–Trinajstić information content (AvgIpc) is 2.37. The quantitative estimate of drug-likeness (QED) is 0.734. The summed E-state index contributed by atoms with van der Waals surface area (Å²) >= 11 is 0. The number of rotatable bonds is 6. The van der Waals surface area contributed by atoms with Crippen molar-refractivity contribution in [3.05, 3.63) is 35.4 Å². The molecule has 0 bridgehead atoms. The Kier molecular flexibility index (Phi) is 5.23. The van der Waals surface area contributed by atoms with Gasteiger partial charge in [-0.25, -0.2) is 17.9 Å². The Morgan fingerprint density at radius 2 is 1.85 bits per heavy atom. The van der Waals surface area contributed by atoms with Crippen molar-refractivity contribution in [3.63, 3.8) is 0 Å². The summed E-state index contributed by atoms with van der Waals surface area (Å²) < 4.78 is 30.0. The normalized spacial score (nSPS) is 12.7. The lowest BCUT2D eigenvalue weighted by Gasteiger charge is -2.10. The van der Waals surface area contributed by atoms with E-state index < -0.39 is 28.0 Å². The van der Waals surface area contributed by atoms with Crippen molar-refractivity contribution in [1.29, 1.82) is 0 Å². The van der Waals surface area contributed by atoms with E-state index in [9.17, 15) is 18.0 Å². The summed E-state index contributed by atoms with van der Waals surface area (Å²) in [7, 11) is -2.52. The van der Waals surface area contributed by atoms with Crippen LogP contribution in [0.25, 0.3) is 0 Å². The number of hydrogen-bond donors (Lipinski definition) is 2. The fourth-order valence-corrected chi connectivity index (χ4v) is 2.79. The van der Waals surface area contributed by atoms with Gasteiger partial charge in [0.2, 0.25) is 10.0 Å². The number of aliphatic carboxylic acids is 1. The van der Waals surface area contributed by atoms with Crippen molar-refractivity contribution >= 4 is 22.0 Å². The summed E-state index contributed by atoms with van der Waals surface area (Å²) in [6.45, 7) is 1.24. The van der Waals surface area contributed by atoms with E-state index in [0.29, 0.717) is 11.1 Å². The molecule has 0 aliphatic carbocycles. The molecule has 0 amide bonds. The SMILES string of the molecule is COC(=O)c1ccc(CS(=O)(=O)N[C@H](C)C(=O)O)cc1. The van der Waals surface area contributed by atoms with Crippen LogP contribution in [0, 0.1) is 0 Å². The highest BCUT2D eigenvalue weighted by Gasteiger charge is 2.20. The molecular formula is C12H15NO6S. The third kappa shape index (κ3) is 4.63. The number of hydrogen-bond acceptors (Lipinski definition) is 5. The molecule has 0 unspecified atom stereocenters. The Labute approximate surface area is 116 Å². The molecule has 0 aromatic heterocycles. The third-order valence-corrected chi connectivity index (χ3v) is 3.88. The summed E-state index contributed by atoms with van der Waals surface area (Å²) in [6, 6.07) is 4.62. The second kappa shape index (κ2) is 6.49. The van der Waals surface area contributed by atoms with Crippen LogP contribution in [0.3, 0.4) is 0 Å². The van der Waals surface area contributed by atoms with Crippen molar-refractivity contribution < 1.29 is 27.9 Å². The van der Waals surface area contributed by atoms with Gasteiger partial charge in [0, 0.05) is 0 Å². The molecule has 1 atom stereocenters. The minimum absolute atomic E-state index is 0.306. The topological polar surface area (TPSA) is 110 Å². The van der Waals surface area contributed by atoms with Gasteiger partial charge in [0.25, 0.3) is 0 Å². The second-order valence-corrected chi connectivity index (χ2v) is 5.88. The Hall–Kier alpha value is -1.93. The lowest BCUT2D eigenvalue weighted by Crippen LogP contribution is -2.38. The zero-order chi connectivity index (χ0) is 15.3. The Balaban J connectivity index is 2.78. The predicted molar refractivity (Wildman–Crippen MR) is 70.6 cm³/mol. The largest absolute Gasteiger partial charge is 0.480 e. The second-order valence-electron chi connectivity index (χ2n) is 4.13. The zero-order valence-corrected chi connectivity index (χ0v) is 11.8. The lowest BCUT2D eigenvalue weighted by atomic mass is 10.1. The minimum atomic E-state index is -3.76. The van der Waals surface area contributed by atoms with Crippen molar-refractivity contribution in [2.45, 2.75) is 18.7 Å². The number of carbonyl (C=O) groups excluding carboxylic acids is 1. The van der Waals surface area contributed by atoms with Gasteiger partial charge in [-0.15, -0.1) is 0 Å². The van der Waals surface area contributed by atoms with E-state index in [1.807, 2.05) is 4.72 Å². The van der Waals surface area contributed by atoms with E-state index in [2.05, 4.69) is 4.74 Å². The van der Waals surface area contributed by atoms with Gasteiger partial charge >= 0.3 is 11.9 Å². The maximum Gasteiger partial charge on any atom is 0.337 e. The molecule has 2 N–H and O–H groups in total. The van der Waals surface area contributed by atoms with Gasteiger partial charge in [-0.1, -0.05) is 12.1 Å². The van der Waals surface area contributed by atoms with E-state index in [-0.39, 0.29) is 5.75 Å². The standard InChI is InChI=1S/C12H15NO6S/c1-8(11(14)15)13-20(17,18)7-9-3-5-10(6-4-9)12(16)19-2/h3-6,8,13H,7H2,1-2H3,(H,14,15)/t8-/m1/s1. The Bertz CT molecular complexity index is 593. The van der Waals surface area contributed by atoms with Crippen molar-refractivity contribution in [3.8, 4) is 0 Å². The van der Waals surface area contributed by atoms with Crippen molar-refractivity contribution in [1.82, 2.24) is 4.72 Å². The van der Waals surface area contributed by atoms with Crippen molar-refractivity contribution in [2.24, 2.45) is 0 Å². The zero-order valence-electron chi connectivity index (χ0n) is 11.0. The molecular weight excluding hydrogens is 286 g/mol. The molecule has 1 aromatic carbocycles. The maximum absolute atomic E-state index is 11.7. The van der Waals surface area contributed by atoms with Gasteiger partial charge in [-0.05, 0) is 24.6 Å². The molecule has 0 aliphatic rings. The van der Waals surface area contributed by atoms with E-state index in [0.717, 1.165) is 0 Å². The molecule has 0 aliphatic heterocycles. The van der Waals surface area contributed by atoms with Gasteiger partial charge in [-0.3, -0.25) is 4.79 Å². The number of nitrogens with one attached hydrogen (secondary N) is 1. The predicted octanol–water partition coefficient (Wildman–Crippen LogP) is 0.366. The van der Waals surface area contributed by atoms with Gasteiger partial charge in [0.05, 0.1) is 18.4 Å². The number of carbonyl (C=O) groups is 2. The molecule has 20 heavy (non-hydrogen) atoms. The molecule has 0 fully saturated rings. The highest BCUT2D eigenvalue weighted by molar-refractivity contribution is 7.88. The van der Waals surface area contributed by atoms with Crippen molar-refractivity contribution in [2.75, 3.05) is 7.11 Å². The summed E-state index contributed by atoms with van der Waals surface area (Å²) in [5, 5.41) is 8.66. The van der Waals surface area contributed by atoms with Crippen LogP contribution < -0.4 is 4.72 Å². The number of sulfonamides is 1. The lowest BCUT2D eigenvalue weighted by molar-refractivity contribution is -0.138. The number of carboxylic acids is 1. The summed E-state index contributed by atoms with van der Waals surface area (Å²) in [6.07, 6.45) is 0. The van der Waals surface area contributed by atoms with E-state index in [1.165, 1.54) is 38.3 Å². The van der Waals surface area contributed by atoms with Crippen LogP contribution in [-0.2, 0) is 25.3 Å². The molecule has 0 heterocycles. The minimum Gasteiger partial charge on any atom is -0.480 e. The van der Waals surface area contributed by atoms with E-state index in [4.69, 9.17) is 5.11 Å². The van der Waals surface area contributed by atoms with Crippen LogP contribution in [-0.4, -0.2) is 38.6 Å². The van der Waals surface area contributed by atoms with Gasteiger partial charge < -0.3 is 9.84 Å². The van der Waals surface area contributed by atoms with Gasteiger partial charge in [0.1, 0.15) is 6.04 Å². The number of carboxylic acid groups (broad SMARTS) is 1. The fraction of sp³-hybridized carbons (Fsp3) is 0.333. The number of esters is 1. The Morgan fingerprint density at radius 3 is 2.30 bits per heavy atom. The molecule has 0 spiro atoms. The highest BCUT2D eigenvalue weighted by Crippen LogP contribution is 2.09.